The molecule has 160 valence electrons. The van der Waals surface area contributed by atoms with Crippen LogP contribution in [0.25, 0.3) is 0 Å². The second kappa shape index (κ2) is 11.2. The summed E-state index contributed by atoms with van der Waals surface area (Å²) in [6, 6.07) is 5.33. The van der Waals surface area contributed by atoms with Crippen LogP contribution in [0, 0.1) is 27.7 Å². The summed E-state index contributed by atoms with van der Waals surface area (Å²) >= 11 is 0. The van der Waals surface area contributed by atoms with E-state index in [1.165, 1.54) is 65.7 Å². The summed E-state index contributed by atoms with van der Waals surface area (Å²) in [5.74, 6) is 0. The summed E-state index contributed by atoms with van der Waals surface area (Å²) in [7, 11) is 2.03. The summed E-state index contributed by atoms with van der Waals surface area (Å²) in [4.78, 5) is 12.5. The molecular weight excluding hydrogens is 424 g/mol. The van der Waals surface area contributed by atoms with Crippen LogP contribution >= 0.6 is 17.0 Å². The summed E-state index contributed by atoms with van der Waals surface area (Å²) in [6.45, 7) is 10.9. The first-order chi connectivity index (χ1) is 13.5. The van der Waals surface area contributed by atoms with Gasteiger partial charge in [-0.15, -0.1) is 17.0 Å². The van der Waals surface area contributed by atoms with E-state index < -0.39 is 0 Å². The molecule has 29 heavy (non-hydrogen) atoms. The lowest BCUT2D eigenvalue weighted by Crippen LogP contribution is -2.38. The Hall–Kier alpha value is -1.30. The zero-order valence-corrected chi connectivity index (χ0v) is 20.4. The zero-order valence-electron chi connectivity index (χ0n) is 18.7. The second-order valence-corrected chi connectivity index (χ2v) is 8.44. The first-order valence-electron chi connectivity index (χ1n) is 10.8. The third-order valence-electron chi connectivity index (χ3n) is 5.99. The SMILES string of the molecule is Br.CNCCCCN1C(c2ncc(C)cc2C)CCCC1c1ncc(C)cc1C. The fraction of sp³-hybridized carbons (Fsp3) is 0.583. The monoisotopic (exact) mass is 460 g/mol. The summed E-state index contributed by atoms with van der Waals surface area (Å²) in [5, 5.41) is 3.28. The number of likely N-dealkylation sites (tertiary alicyclic amines) is 1. The van der Waals surface area contributed by atoms with E-state index in [1.54, 1.807) is 0 Å². The molecule has 4 nitrogen and oxygen atoms in total. The number of piperidine rings is 1. The van der Waals surface area contributed by atoms with Crippen LogP contribution in [0.2, 0.25) is 0 Å². The largest absolute Gasteiger partial charge is 0.320 e. The maximum atomic E-state index is 4.89. The molecule has 0 aromatic carbocycles. The summed E-state index contributed by atoms with van der Waals surface area (Å²) in [6.07, 6.45) is 10.1. The number of halogens is 1. The highest BCUT2D eigenvalue weighted by Gasteiger charge is 2.34. The Kier molecular flexibility index (Phi) is 9.25. The lowest BCUT2D eigenvalue weighted by Gasteiger charge is -2.42. The van der Waals surface area contributed by atoms with Gasteiger partial charge < -0.3 is 5.32 Å². The van der Waals surface area contributed by atoms with Gasteiger partial charge in [0.15, 0.2) is 0 Å². The zero-order chi connectivity index (χ0) is 20.1. The van der Waals surface area contributed by atoms with Crippen molar-refractivity contribution in [3.05, 3.63) is 58.2 Å². The molecule has 0 aliphatic carbocycles. The highest BCUT2D eigenvalue weighted by molar-refractivity contribution is 8.93. The average Bonchev–Trinajstić information content (AvgIpc) is 2.66. The van der Waals surface area contributed by atoms with Crippen LogP contribution in [0.4, 0.5) is 0 Å². The first kappa shape index (κ1) is 24.0. The quantitative estimate of drug-likeness (QED) is 0.549. The van der Waals surface area contributed by atoms with Gasteiger partial charge in [-0.3, -0.25) is 14.9 Å². The minimum atomic E-state index is 0. The van der Waals surface area contributed by atoms with Crippen LogP contribution in [0.15, 0.2) is 24.5 Å². The third-order valence-corrected chi connectivity index (χ3v) is 5.99. The summed E-state index contributed by atoms with van der Waals surface area (Å²) < 4.78 is 0. The molecular formula is C24H37BrN4. The van der Waals surface area contributed by atoms with E-state index in [0.29, 0.717) is 12.1 Å². The number of nitrogens with one attached hydrogen (secondary N) is 1. The van der Waals surface area contributed by atoms with E-state index >= 15 is 0 Å². The maximum absolute atomic E-state index is 4.89. The van der Waals surface area contributed by atoms with Crippen LogP contribution in [0.5, 0.6) is 0 Å². The average molecular weight is 461 g/mol. The van der Waals surface area contributed by atoms with Crippen molar-refractivity contribution in [3.63, 3.8) is 0 Å². The van der Waals surface area contributed by atoms with Gasteiger partial charge in [-0.25, -0.2) is 0 Å². The molecule has 2 aromatic rings. The molecule has 0 saturated carbocycles. The van der Waals surface area contributed by atoms with Crippen LogP contribution in [-0.2, 0) is 0 Å². The molecule has 2 unspecified atom stereocenters. The van der Waals surface area contributed by atoms with Crippen LogP contribution in [0.1, 0.15) is 77.8 Å². The van der Waals surface area contributed by atoms with Gasteiger partial charge in [0.25, 0.3) is 0 Å². The van der Waals surface area contributed by atoms with E-state index in [2.05, 4.69) is 50.0 Å². The minimum Gasteiger partial charge on any atom is -0.320 e. The summed E-state index contributed by atoms with van der Waals surface area (Å²) in [5.41, 5.74) is 7.64. The van der Waals surface area contributed by atoms with E-state index in [9.17, 15) is 0 Å². The van der Waals surface area contributed by atoms with E-state index in [-0.39, 0.29) is 17.0 Å². The van der Waals surface area contributed by atoms with Crippen molar-refractivity contribution in [2.24, 2.45) is 0 Å². The van der Waals surface area contributed by atoms with Gasteiger partial charge in [-0.05, 0) is 102 Å². The Balaban J connectivity index is 0.00000300. The highest BCUT2D eigenvalue weighted by Crippen LogP contribution is 2.42. The van der Waals surface area contributed by atoms with Crippen molar-refractivity contribution in [2.45, 2.75) is 71.9 Å². The molecule has 1 fully saturated rings. The van der Waals surface area contributed by atoms with Gasteiger partial charge in [0, 0.05) is 12.4 Å². The number of aryl methyl sites for hydroxylation is 4. The molecule has 1 aliphatic rings. The van der Waals surface area contributed by atoms with Crippen LogP contribution in [-0.4, -0.2) is 35.0 Å². The Bertz CT molecular complexity index is 733. The molecule has 0 bridgehead atoms. The van der Waals surface area contributed by atoms with Crippen molar-refractivity contribution >= 4 is 17.0 Å². The van der Waals surface area contributed by atoms with E-state index in [1.807, 2.05) is 19.4 Å². The fourth-order valence-electron chi connectivity index (χ4n) is 4.70. The van der Waals surface area contributed by atoms with Gasteiger partial charge in [-0.2, -0.15) is 0 Å². The molecule has 0 spiro atoms. The number of aromatic nitrogens is 2. The van der Waals surface area contributed by atoms with Crippen molar-refractivity contribution in [3.8, 4) is 0 Å². The van der Waals surface area contributed by atoms with Gasteiger partial charge in [0.05, 0.1) is 23.5 Å². The second-order valence-electron chi connectivity index (χ2n) is 8.44. The highest BCUT2D eigenvalue weighted by atomic mass is 79.9. The van der Waals surface area contributed by atoms with E-state index in [4.69, 9.17) is 9.97 Å². The van der Waals surface area contributed by atoms with Crippen molar-refractivity contribution in [1.29, 1.82) is 0 Å². The number of nitrogens with zero attached hydrogens (tertiary/aromatic N) is 3. The Labute approximate surface area is 187 Å². The lowest BCUT2D eigenvalue weighted by atomic mass is 9.88. The molecule has 1 N–H and O–H groups in total. The predicted molar refractivity (Wildman–Crippen MR) is 127 cm³/mol. The molecule has 1 aliphatic heterocycles. The molecule has 0 radical (unpaired) electrons. The number of pyridine rings is 2. The number of rotatable bonds is 7. The molecule has 1 saturated heterocycles. The van der Waals surface area contributed by atoms with E-state index in [0.717, 1.165) is 13.1 Å². The van der Waals surface area contributed by atoms with Gasteiger partial charge in [0.1, 0.15) is 0 Å². The fourth-order valence-corrected chi connectivity index (χ4v) is 4.70. The molecule has 3 heterocycles. The number of unbranched alkanes of at least 4 members (excludes halogenated alkanes) is 1. The first-order valence-corrected chi connectivity index (χ1v) is 10.8. The van der Waals surface area contributed by atoms with Crippen molar-refractivity contribution in [1.82, 2.24) is 20.2 Å². The third kappa shape index (κ3) is 5.87. The Morgan fingerprint density at radius 1 is 0.897 bits per heavy atom. The number of hydrogen-bond donors (Lipinski definition) is 1. The normalized spacial score (nSPS) is 19.8. The van der Waals surface area contributed by atoms with Gasteiger partial charge in [0.2, 0.25) is 0 Å². The number of hydrogen-bond acceptors (Lipinski definition) is 4. The Morgan fingerprint density at radius 2 is 1.41 bits per heavy atom. The van der Waals surface area contributed by atoms with Gasteiger partial charge in [-0.1, -0.05) is 12.1 Å². The van der Waals surface area contributed by atoms with Gasteiger partial charge >= 0.3 is 0 Å². The molecule has 2 aromatic heterocycles. The maximum Gasteiger partial charge on any atom is 0.0604 e. The topological polar surface area (TPSA) is 41.0 Å². The predicted octanol–water partition coefficient (Wildman–Crippen LogP) is 5.56. The smallest absolute Gasteiger partial charge is 0.0604 e. The molecule has 0 amide bonds. The molecule has 2 atom stereocenters. The lowest BCUT2D eigenvalue weighted by molar-refractivity contribution is 0.0743. The minimum absolute atomic E-state index is 0. The van der Waals surface area contributed by atoms with Crippen LogP contribution in [0.3, 0.4) is 0 Å². The Morgan fingerprint density at radius 3 is 1.86 bits per heavy atom. The molecule has 5 heteroatoms. The van der Waals surface area contributed by atoms with Crippen molar-refractivity contribution in [2.75, 3.05) is 20.1 Å². The standard InChI is InChI=1S/C24H36N4.BrH/c1-17-13-19(3)23(26-15-17)21-9-8-10-22(28(21)12-7-6-11-25-5)24-20(4)14-18(2)16-27-24;/h13-16,21-22,25H,6-12H2,1-5H3;1H. The van der Waals surface area contributed by atoms with Crippen LogP contribution < -0.4 is 5.32 Å². The molecule has 3 rings (SSSR count). The van der Waals surface area contributed by atoms with Crippen molar-refractivity contribution < 1.29 is 0 Å².